The molecule has 9 heteroatoms. The van der Waals surface area contributed by atoms with Crippen molar-refractivity contribution in [2.45, 2.75) is 20.5 Å². The number of hydrogen-bond donors (Lipinski definition) is 0. The number of nitrogens with zero attached hydrogens (tertiary/aromatic N) is 4. The number of carbonyl (C=O) groups excluding carboxylic acids is 2. The highest BCUT2D eigenvalue weighted by Crippen LogP contribution is 2.14. The van der Waals surface area contributed by atoms with Gasteiger partial charge >= 0.3 is 5.97 Å². The van der Waals surface area contributed by atoms with Crippen molar-refractivity contribution in [1.29, 1.82) is 0 Å². The molecule has 24 heavy (non-hydrogen) atoms. The molecule has 0 unspecified atom stereocenters. The molecule has 0 atom stereocenters. The van der Waals surface area contributed by atoms with E-state index in [1.54, 1.807) is 32.5 Å². The Kier molecular flexibility index (Phi) is 4.02. The van der Waals surface area contributed by atoms with Gasteiger partial charge < -0.3 is 4.74 Å². The van der Waals surface area contributed by atoms with Gasteiger partial charge in [-0.05, 0) is 13.8 Å². The molecule has 8 nitrogen and oxygen atoms in total. The number of fused-ring (bicyclic) bond motifs is 1. The summed E-state index contributed by atoms with van der Waals surface area (Å²) in [5.41, 5.74) is 1.32. The average Bonchev–Trinajstić information content (AvgIpc) is 3.10. The van der Waals surface area contributed by atoms with Crippen LogP contribution in [0.3, 0.4) is 0 Å². The fourth-order valence-corrected chi connectivity index (χ4v) is 3.11. The second-order valence-electron chi connectivity index (χ2n) is 5.22. The number of ketones is 1. The highest BCUT2D eigenvalue weighted by atomic mass is 32.1. The lowest BCUT2D eigenvalue weighted by molar-refractivity contribution is -0.139. The number of ether oxygens (including phenoxy) is 1. The van der Waals surface area contributed by atoms with E-state index in [0.29, 0.717) is 22.0 Å². The van der Waals surface area contributed by atoms with Gasteiger partial charge in [-0.15, -0.1) is 11.3 Å². The van der Waals surface area contributed by atoms with E-state index in [9.17, 15) is 14.4 Å². The molecule has 0 N–H and O–H groups in total. The maximum atomic E-state index is 12.2. The molecule has 0 radical (unpaired) electrons. The zero-order valence-electron chi connectivity index (χ0n) is 13.3. The number of aromatic nitrogens is 4. The van der Waals surface area contributed by atoms with E-state index in [1.807, 2.05) is 0 Å². The van der Waals surface area contributed by atoms with Crippen LogP contribution in [0.25, 0.3) is 4.96 Å². The third-order valence-corrected chi connectivity index (χ3v) is 4.39. The van der Waals surface area contributed by atoms with Crippen LogP contribution >= 0.6 is 11.3 Å². The van der Waals surface area contributed by atoms with E-state index in [4.69, 9.17) is 4.74 Å². The first-order valence-corrected chi connectivity index (χ1v) is 7.94. The van der Waals surface area contributed by atoms with Crippen LogP contribution in [0.5, 0.6) is 0 Å². The number of esters is 1. The second-order valence-corrected chi connectivity index (χ2v) is 6.09. The van der Waals surface area contributed by atoms with E-state index in [2.05, 4.69) is 10.1 Å². The summed E-state index contributed by atoms with van der Waals surface area (Å²) in [6, 6.07) is 1.28. The van der Waals surface area contributed by atoms with Crippen molar-refractivity contribution in [3.05, 3.63) is 50.6 Å². The minimum absolute atomic E-state index is 0.240. The summed E-state index contributed by atoms with van der Waals surface area (Å²) in [5.74, 6) is -1.76. The number of rotatable bonds is 4. The highest BCUT2D eigenvalue weighted by Gasteiger charge is 2.25. The Morgan fingerprint density at radius 3 is 2.75 bits per heavy atom. The van der Waals surface area contributed by atoms with Gasteiger partial charge in [0.1, 0.15) is 6.61 Å². The zero-order valence-corrected chi connectivity index (χ0v) is 14.1. The maximum Gasteiger partial charge on any atom is 0.380 e. The summed E-state index contributed by atoms with van der Waals surface area (Å²) >= 11 is 1.29. The summed E-state index contributed by atoms with van der Waals surface area (Å²) < 4.78 is 7.94. The molecule has 0 aliphatic heterocycles. The quantitative estimate of drug-likeness (QED) is 0.398. The minimum atomic E-state index is -0.998. The Morgan fingerprint density at radius 1 is 1.33 bits per heavy atom. The Morgan fingerprint density at radius 2 is 2.08 bits per heavy atom. The van der Waals surface area contributed by atoms with Crippen LogP contribution in [0, 0.1) is 13.8 Å². The van der Waals surface area contributed by atoms with Crippen molar-refractivity contribution < 1.29 is 14.3 Å². The predicted molar refractivity (Wildman–Crippen MR) is 86.1 cm³/mol. The number of thiazole rings is 1. The Hall–Kier alpha value is -2.81. The van der Waals surface area contributed by atoms with Crippen molar-refractivity contribution in [2.24, 2.45) is 7.05 Å². The van der Waals surface area contributed by atoms with Crippen LogP contribution in [0.1, 0.15) is 27.4 Å². The van der Waals surface area contributed by atoms with Crippen LogP contribution in [-0.4, -0.2) is 30.9 Å². The highest BCUT2D eigenvalue weighted by molar-refractivity contribution is 7.15. The topological polar surface area (TPSA) is 95.6 Å². The normalized spacial score (nSPS) is 11.0. The molecule has 0 saturated carbocycles. The van der Waals surface area contributed by atoms with Gasteiger partial charge in [-0.25, -0.2) is 9.78 Å². The van der Waals surface area contributed by atoms with Crippen LogP contribution in [0.2, 0.25) is 0 Å². The van der Waals surface area contributed by atoms with E-state index >= 15 is 0 Å². The summed E-state index contributed by atoms with van der Waals surface area (Å²) in [7, 11) is 1.69. The smallest absolute Gasteiger partial charge is 0.380 e. The lowest BCUT2D eigenvalue weighted by Gasteiger charge is -2.04. The molecule has 0 bridgehead atoms. The van der Waals surface area contributed by atoms with Crippen molar-refractivity contribution in [2.75, 3.05) is 0 Å². The first-order chi connectivity index (χ1) is 11.4. The molecule has 0 spiro atoms. The fraction of sp³-hybridized carbons (Fsp3) is 0.267. The summed E-state index contributed by atoms with van der Waals surface area (Å²) in [6.45, 7) is 3.11. The third-order valence-electron chi connectivity index (χ3n) is 3.63. The van der Waals surface area contributed by atoms with E-state index in [-0.39, 0.29) is 17.7 Å². The van der Waals surface area contributed by atoms with Crippen LogP contribution in [-0.2, 0) is 23.2 Å². The molecule has 0 fully saturated rings. The molecule has 124 valence electrons. The fourth-order valence-electron chi connectivity index (χ4n) is 2.37. The lowest BCUT2D eigenvalue weighted by atomic mass is 10.1. The van der Waals surface area contributed by atoms with E-state index < -0.39 is 11.8 Å². The molecule has 3 rings (SSSR count). The summed E-state index contributed by atoms with van der Waals surface area (Å²) in [6.07, 6.45) is 1.61. The molecule has 0 amide bonds. The monoisotopic (exact) mass is 346 g/mol. The maximum absolute atomic E-state index is 12.2. The molecular formula is C15H14N4O4S. The molecule has 0 aromatic carbocycles. The molecule has 3 aromatic rings. The molecule has 0 saturated heterocycles. The largest absolute Gasteiger partial charge is 0.453 e. The van der Waals surface area contributed by atoms with Gasteiger partial charge in [0.05, 0.1) is 17.0 Å². The number of hydrogen-bond acceptors (Lipinski definition) is 7. The molecule has 3 heterocycles. The standard InChI is InChI=1S/C15H14N4O4S/c1-8-12(9(2)18(3)17-8)13(21)14(22)23-7-10-6-11(20)19-4-5-24-15(19)16-10/h4-6H,7H2,1-3H3. The van der Waals surface area contributed by atoms with Crippen LogP contribution < -0.4 is 5.56 Å². The van der Waals surface area contributed by atoms with Crippen LogP contribution in [0.15, 0.2) is 22.4 Å². The lowest BCUT2D eigenvalue weighted by Crippen LogP contribution is -2.20. The second kappa shape index (κ2) is 6.00. The predicted octanol–water partition coefficient (Wildman–Crippen LogP) is 1.03. The van der Waals surface area contributed by atoms with Gasteiger partial charge in [0.25, 0.3) is 11.3 Å². The Labute approximate surface area is 140 Å². The number of Topliss-reactive ketones (excluding diaryl/α,β-unsaturated/α-hetero) is 1. The van der Waals surface area contributed by atoms with E-state index in [0.717, 1.165) is 0 Å². The van der Waals surface area contributed by atoms with Crippen LogP contribution in [0.4, 0.5) is 0 Å². The molecule has 0 aliphatic rings. The first-order valence-electron chi connectivity index (χ1n) is 7.06. The molecular weight excluding hydrogens is 332 g/mol. The van der Waals surface area contributed by atoms with Crippen molar-refractivity contribution >= 4 is 28.1 Å². The van der Waals surface area contributed by atoms with Crippen molar-refractivity contribution in [1.82, 2.24) is 19.2 Å². The Bertz CT molecular complexity index is 1010. The molecule has 0 aliphatic carbocycles. The average molecular weight is 346 g/mol. The van der Waals surface area contributed by atoms with E-state index in [1.165, 1.54) is 26.5 Å². The zero-order chi connectivity index (χ0) is 17.4. The molecule has 3 aromatic heterocycles. The number of aryl methyl sites for hydroxylation is 2. The summed E-state index contributed by atoms with van der Waals surface area (Å²) in [4.78, 5) is 40.8. The van der Waals surface area contributed by atoms with Crippen molar-refractivity contribution in [3.8, 4) is 0 Å². The van der Waals surface area contributed by atoms with Gasteiger partial charge in [0.15, 0.2) is 4.96 Å². The third kappa shape index (κ3) is 2.73. The van der Waals surface area contributed by atoms with Gasteiger partial charge in [-0.3, -0.25) is 18.7 Å². The number of carbonyl (C=O) groups is 2. The Balaban J connectivity index is 1.77. The minimum Gasteiger partial charge on any atom is -0.453 e. The van der Waals surface area contributed by atoms with Gasteiger partial charge in [-0.1, -0.05) is 0 Å². The van der Waals surface area contributed by atoms with Gasteiger partial charge in [0, 0.05) is 30.4 Å². The van der Waals surface area contributed by atoms with Gasteiger partial charge in [0.2, 0.25) is 0 Å². The SMILES string of the molecule is Cc1nn(C)c(C)c1C(=O)C(=O)OCc1cc(=O)n2ccsc2n1. The van der Waals surface area contributed by atoms with Crippen molar-refractivity contribution in [3.63, 3.8) is 0 Å². The first kappa shape index (κ1) is 16.1. The van der Waals surface area contributed by atoms with Gasteiger partial charge in [-0.2, -0.15) is 5.10 Å². The summed E-state index contributed by atoms with van der Waals surface area (Å²) in [5, 5.41) is 5.84.